The maximum absolute atomic E-state index is 5.46. The lowest BCUT2D eigenvalue weighted by Gasteiger charge is -1.99. The zero-order valence-electron chi connectivity index (χ0n) is 9.49. The molecule has 0 amide bonds. The molecule has 0 aliphatic carbocycles. The molecule has 0 bridgehead atoms. The predicted molar refractivity (Wildman–Crippen MR) is 61.8 cm³/mol. The highest BCUT2D eigenvalue weighted by Gasteiger charge is 2.06. The molecule has 0 aliphatic heterocycles. The van der Waals surface area contributed by atoms with E-state index in [4.69, 9.17) is 5.73 Å². The van der Waals surface area contributed by atoms with Crippen LogP contribution in [0.2, 0.25) is 0 Å². The number of nitrogens with one attached hydrogen (secondary N) is 1. The highest BCUT2D eigenvalue weighted by atomic mass is 15.2. The van der Waals surface area contributed by atoms with Crippen LogP contribution in [0.3, 0.4) is 0 Å². The number of aryl methyl sites for hydroxylation is 2. The van der Waals surface area contributed by atoms with Crippen molar-refractivity contribution in [1.29, 1.82) is 0 Å². The first-order chi connectivity index (χ1) is 7.69. The van der Waals surface area contributed by atoms with Crippen molar-refractivity contribution in [2.24, 2.45) is 5.73 Å². The number of hydrogen-bond donors (Lipinski definition) is 2. The van der Waals surface area contributed by atoms with Gasteiger partial charge in [-0.3, -0.25) is 10.1 Å². The molecule has 0 aliphatic rings. The molecule has 5 heteroatoms. The molecule has 3 N–H and O–H groups in total. The molecule has 84 valence electrons. The van der Waals surface area contributed by atoms with Gasteiger partial charge in [-0.25, -0.2) is 4.98 Å². The third kappa shape index (κ3) is 2.25. The molecule has 16 heavy (non-hydrogen) atoms. The Bertz CT molecular complexity index is 469. The van der Waals surface area contributed by atoms with Crippen LogP contribution in [0.4, 0.5) is 0 Å². The fourth-order valence-electron chi connectivity index (χ4n) is 1.64. The molecule has 0 unspecified atom stereocenters. The first-order valence-corrected chi connectivity index (χ1v) is 5.26. The summed E-state index contributed by atoms with van der Waals surface area (Å²) in [5.74, 6) is 1.53. The fraction of sp³-hybridized carbons (Fsp3) is 0.364. The van der Waals surface area contributed by atoms with E-state index in [9.17, 15) is 0 Å². The van der Waals surface area contributed by atoms with Crippen molar-refractivity contribution in [2.45, 2.75) is 20.3 Å². The molecule has 2 aromatic rings. The van der Waals surface area contributed by atoms with Gasteiger partial charge < -0.3 is 5.73 Å². The number of aromatic nitrogens is 4. The lowest BCUT2D eigenvalue weighted by atomic mass is 10.2. The monoisotopic (exact) mass is 217 g/mol. The number of nitrogens with two attached hydrogens (primary N) is 1. The van der Waals surface area contributed by atoms with Crippen molar-refractivity contribution in [2.75, 3.05) is 6.54 Å². The van der Waals surface area contributed by atoms with Crippen LogP contribution in [0.15, 0.2) is 12.1 Å². The number of hydrogen-bond acceptors (Lipinski definition) is 4. The minimum atomic E-state index is 0.572. The largest absolute Gasteiger partial charge is 0.330 e. The topological polar surface area (TPSA) is 80.5 Å². The molecule has 0 saturated carbocycles. The van der Waals surface area contributed by atoms with Gasteiger partial charge in [0.05, 0.1) is 0 Å². The molecule has 2 aromatic heterocycles. The molecular weight excluding hydrogens is 202 g/mol. The highest BCUT2D eigenvalue weighted by Crippen LogP contribution is 2.16. The molecular formula is C11H15N5. The Balaban J connectivity index is 2.34. The average molecular weight is 217 g/mol. The Morgan fingerprint density at radius 3 is 2.50 bits per heavy atom. The molecule has 0 atom stereocenters. The first kappa shape index (κ1) is 10.8. The van der Waals surface area contributed by atoms with Crippen molar-refractivity contribution in [3.05, 3.63) is 29.3 Å². The van der Waals surface area contributed by atoms with Gasteiger partial charge in [0.25, 0.3) is 0 Å². The number of rotatable bonds is 3. The van der Waals surface area contributed by atoms with Crippen LogP contribution in [0.25, 0.3) is 11.4 Å². The van der Waals surface area contributed by atoms with E-state index < -0.39 is 0 Å². The van der Waals surface area contributed by atoms with Crippen molar-refractivity contribution in [1.82, 2.24) is 20.2 Å². The van der Waals surface area contributed by atoms with Gasteiger partial charge in [0.2, 0.25) is 0 Å². The fourth-order valence-corrected chi connectivity index (χ4v) is 1.64. The maximum Gasteiger partial charge on any atom is 0.181 e. The van der Waals surface area contributed by atoms with Crippen LogP contribution in [-0.2, 0) is 6.42 Å². The van der Waals surface area contributed by atoms with Crippen molar-refractivity contribution in [3.8, 4) is 11.4 Å². The first-order valence-electron chi connectivity index (χ1n) is 5.26. The van der Waals surface area contributed by atoms with Gasteiger partial charge in [-0.1, -0.05) is 0 Å². The Labute approximate surface area is 94.1 Å². The molecule has 2 rings (SSSR count). The normalized spacial score (nSPS) is 10.7. The van der Waals surface area contributed by atoms with Crippen molar-refractivity contribution < 1.29 is 0 Å². The van der Waals surface area contributed by atoms with Crippen LogP contribution >= 0.6 is 0 Å². The Kier molecular flexibility index (Phi) is 2.96. The van der Waals surface area contributed by atoms with E-state index in [0.717, 1.165) is 29.2 Å². The summed E-state index contributed by atoms with van der Waals surface area (Å²) in [7, 11) is 0. The van der Waals surface area contributed by atoms with Crippen LogP contribution < -0.4 is 5.73 Å². The van der Waals surface area contributed by atoms with Gasteiger partial charge >= 0.3 is 0 Å². The van der Waals surface area contributed by atoms with Crippen molar-refractivity contribution in [3.63, 3.8) is 0 Å². The van der Waals surface area contributed by atoms with E-state index in [1.165, 1.54) is 0 Å². The minimum absolute atomic E-state index is 0.572. The van der Waals surface area contributed by atoms with E-state index in [-0.39, 0.29) is 0 Å². The zero-order valence-corrected chi connectivity index (χ0v) is 9.49. The van der Waals surface area contributed by atoms with Crippen LogP contribution in [0, 0.1) is 13.8 Å². The Hall–Kier alpha value is -1.75. The van der Waals surface area contributed by atoms with Gasteiger partial charge in [-0.05, 0) is 32.5 Å². The maximum atomic E-state index is 5.46. The summed E-state index contributed by atoms with van der Waals surface area (Å²) in [6.45, 7) is 4.50. The summed E-state index contributed by atoms with van der Waals surface area (Å²) in [5.41, 5.74) is 8.39. The Morgan fingerprint density at radius 2 is 1.88 bits per heavy atom. The van der Waals surface area contributed by atoms with E-state index in [1.54, 1.807) is 0 Å². The van der Waals surface area contributed by atoms with E-state index in [1.807, 2.05) is 26.0 Å². The zero-order chi connectivity index (χ0) is 11.5. The molecule has 0 radical (unpaired) electrons. The lowest BCUT2D eigenvalue weighted by Crippen LogP contribution is -2.03. The third-order valence-electron chi connectivity index (χ3n) is 2.25. The van der Waals surface area contributed by atoms with Crippen LogP contribution in [0.5, 0.6) is 0 Å². The van der Waals surface area contributed by atoms with Crippen LogP contribution in [-0.4, -0.2) is 26.7 Å². The highest BCUT2D eigenvalue weighted by molar-refractivity contribution is 5.55. The average Bonchev–Trinajstić information content (AvgIpc) is 2.65. The SMILES string of the molecule is Cc1cc(-c2n[nH]c(CCN)n2)cc(C)n1. The molecule has 0 aromatic carbocycles. The second-order valence-electron chi connectivity index (χ2n) is 3.78. The number of H-pyrrole nitrogens is 1. The van der Waals surface area contributed by atoms with E-state index in [0.29, 0.717) is 12.4 Å². The van der Waals surface area contributed by atoms with Crippen molar-refractivity contribution >= 4 is 0 Å². The standard InChI is InChI=1S/C11H15N5/c1-7-5-9(6-8(2)13-7)11-14-10(3-4-12)15-16-11/h5-6H,3-4,12H2,1-2H3,(H,14,15,16). The quantitative estimate of drug-likeness (QED) is 0.803. The molecule has 0 fully saturated rings. The minimum Gasteiger partial charge on any atom is -0.330 e. The van der Waals surface area contributed by atoms with Gasteiger partial charge in [0.1, 0.15) is 5.82 Å². The molecule has 2 heterocycles. The number of pyridine rings is 1. The second kappa shape index (κ2) is 4.40. The smallest absolute Gasteiger partial charge is 0.181 e. The molecule has 0 saturated heterocycles. The van der Waals surface area contributed by atoms with Gasteiger partial charge in [-0.2, -0.15) is 5.10 Å². The summed E-state index contributed by atoms with van der Waals surface area (Å²) >= 11 is 0. The molecule has 0 spiro atoms. The van der Waals surface area contributed by atoms with Gasteiger partial charge in [0.15, 0.2) is 5.82 Å². The number of nitrogens with zero attached hydrogens (tertiary/aromatic N) is 3. The summed E-state index contributed by atoms with van der Waals surface area (Å²) in [5, 5.41) is 7.05. The summed E-state index contributed by atoms with van der Waals surface area (Å²) in [4.78, 5) is 8.70. The second-order valence-corrected chi connectivity index (χ2v) is 3.78. The van der Waals surface area contributed by atoms with Gasteiger partial charge in [-0.15, -0.1) is 0 Å². The van der Waals surface area contributed by atoms with Crippen LogP contribution in [0.1, 0.15) is 17.2 Å². The van der Waals surface area contributed by atoms with E-state index >= 15 is 0 Å². The predicted octanol–water partition coefficient (Wildman–Crippen LogP) is 0.985. The molecule has 5 nitrogen and oxygen atoms in total. The third-order valence-corrected chi connectivity index (χ3v) is 2.25. The Morgan fingerprint density at radius 1 is 1.19 bits per heavy atom. The summed E-state index contributed by atoms with van der Waals surface area (Å²) < 4.78 is 0. The summed E-state index contributed by atoms with van der Waals surface area (Å²) in [6.07, 6.45) is 0.718. The summed E-state index contributed by atoms with van der Waals surface area (Å²) in [6, 6.07) is 3.95. The lowest BCUT2D eigenvalue weighted by molar-refractivity contribution is 0.874. The van der Waals surface area contributed by atoms with E-state index in [2.05, 4.69) is 20.2 Å². The number of aromatic amines is 1. The van der Waals surface area contributed by atoms with Gasteiger partial charge in [0, 0.05) is 23.4 Å².